The minimum atomic E-state index is -0.604. The van der Waals surface area contributed by atoms with Crippen LogP contribution in [0, 0.1) is 0 Å². The zero-order valence-electron chi connectivity index (χ0n) is 11.0. The third-order valence-electron chi connectivity index (χ3n) is 2.97. The topological polar surface area (TPSA) is 85.5 Å². The molecule has 1 aromatic rings. The Kier molecular flexibility index (Phi) is 3.80. The van der Waals surface area contributed by atoms with Gasteiger partial charge in [0.1, 0.15) is 5.69 Å². The summed E-state index contributed by atoms with van der Waals surface area (Å²) in [5, 5.41) is 0. The lowest BCUT2D eigenvalue weighted by molar-refractivity contribution is -0.0586. The summed E-state index contributed by atoms with van der Waals surface area (Å²) in [4.78, 5) is 28.8. The quantitative estimate of drug-likeness (QED) is 0.838. The Morgan fingerprint density at radius 2 is 1.95 bits per heavy atom. The van der Waals surface area contributed by atoms with Crippen molar-refractivity contribution in [1.29, 1.82) is 0 Å². The minimum absolute atomic E-state index is 0.0190. The van der Waals surface area contributed by atoms with Gasteiger partial charge in [-0.05, 0) is 26.0 Å². The summed E-state index contributed by atoms with van der Waals surface area (Å²) in [6.07, 6.45) is 1.42. The standard InChI is InChI=1S/C13H17N3O3/c1-8-6-16(7-9(2)19-8)13(18)10-3-4-11(12(14)17)15-5-10/h3-5,8-9H,6-7H2,1-2H3,(H2,14,17). The number of hydrogen-bond acceptors (Lipinski definition) is 4. The number of rotatable bonds is 2. The average molecular weight is 263 g/mol. The van der Waals surface area contributed by atoms with E-state index in [0.29, 0.717) is 18.7 Å². The molecule has 102 valence electrons. The van der Waals surface area contributed by atoms with Crippen molar-refractivity contribution in [3.63, 3.8) is 0 Å². The summed E-state index contributed by atoms with van der Waals surface area (Å²) in [5.74, 6) is -0.710. The number of carbonyl (C=O) groups is 2. The van der Waals surface area contributed by atoms with Gasteiger partial charge in [0.15, 0.2) is 0 Å². The fourth-order valence-electron chi connectivity index (χ4n) is 2.19. The van der Waals surface area contributed by atoms with Crippen LogP contribution in [0.2, 0.25) is 0 Å². The first kappa shape index (κ1) is 13.5. The lowest BCUT2D eigenvalue weighted by atomic mass is 10.1. The van der Waals surface area contributed by atoms with Gasteiger partial charge in [-0.15, -0.1) is 0 Å². The van der Waals surface area contributed by atoms with E-state index >= 15 is 0 Å². The highest BCUT2D eigenvalue weighted by Gasteiger charge is 2.26. The highest BCUT2D eigenvalue weighted by atomic mass is 16.5. The van der Waals surface area contributed by atoms with E-state index in [1.807, 2.05) is 13.8 Å². The summed E-state index contributed by atoms with van der Waals surface area (Å²) < 4.78 is 5.58. The maximum atomic E-state index is 12.3. The molecular weight excluding hydrogens is 246 g/mol. The third kappa shape index (κ3) is 3.08. The van der Waals surface area contributed by atoms with Crippen LogP contribution < -0.4 is 5.73 Å². The maximum absolute atomic E-state index is 12.3. The molecule has 6 nitrogen and oxygen atoms in total. The van der Waals surface area contributed by atoms with Gasteiger partial charge in [0.25, 0.3) is 11.8 Å². The van der Waals surface area contributed by atoms with Crippen molar-refractivity contribution in [1.82, 2.24) is 9.88 Å². The molecule has 0 saturated carbocycles. The summed E-state index contributed by atoms with van der Waals surface area (Å²) in [5.41, 5.74) is 5.71. The summed E-state index contributed by atoms with van der Waals surface area (Å²) in [6.45, 7) is 4.98. The van der Waals surface area contributed by atoms with Crippen LogP contribution in [0.4, 0.5) is 0 Å². The molecule has 0 aromatic carbocycles. The average Bonchev–Trinajstić information content (AvgIpc) is 2.37. The molecule has 19 heavy (non-hydrogen) atoms. The Balaban J connectivity index is 2.12. The number of nitrogens with two attached hydrogens (primary N) is 1. The van der Waals surface area contributed by atoms with Crippen molar-refractivity contribution < 1.29 is 14.3 Å². The zero-order chi connectivity index (χ0) is 14.0. The fourth-order valence-corrected chi connectivity index (χ4v) is 2.19. The Hall–Kier alpha value is -1.95. The van der Waals surface area contributed by atoms with Crippen LogP contribution in [0.1, 0.15) is 34.7 Å². The van der Waals surface area contributed by atoms with Gasteiger partial charge in [-0.2, -0.15) is 0 Å². The van der Waals surface area contributed by atoms with Crippen LogP contribution in [0.15, 0.2) is 18.3 Å². The molecule has 1 aliphatic heterocycles. The minimum Gasteiger partial charge on any atom is -0.372 e. The lowest BCUT2D eigenvalue weighted by Gasteiger charge is -2.35. The number of aromatic nitrogens is 1. The second-order valence-corrected chi connectivity index (χ2v) is 4.76. The molecule has 1 aromatic heterocycles. The first-order valence-electron chi connectivity index (χ1n) is 6.18. The van der Waals surface area contributed by atoms with Gasteiger partial charge in [-0.25, -0.2) is 0 Å². The Morgan fingerprint density at radius 1 is 1.32 bits per heavy atom. The van der Waals surface area contributed by atoms with Crippen molar-refractivity contribution in [3.05, 3.63) is 29.6 Å². The molecule has 0 aliphatic carbocycles. The van der Waals surface area contributed by atoms with Gasteiger partial charge in [-0.3, -0.25) is 14.6 Å². The lowest BCUT2D eigenvalue weighted by Crippen LogP contribution is -2.48. The molecule has 0 spiro atoms. The molecule has 2 rings (SSSR count). The molecule has 2 N–H and O–H groups in total. The summed E-state index contributed by atoms with van der Waals surface area (Å²) >= 11 is 0. The van der Waals surface area contributed by atoms with Crippen molar-refractivity contribution in [2.24, 2.45) is 5.73 Å². The van der Waals surface area contributed by atoms with Crippen molar-refractivity contribution in [3.8, 4) is 0 Å². The maximum Gasteiger partial charge on any atom is 0.267 e. The number of pyridine rings is 1. The Labute approximate surface area is 111 Å². The normalized spacial score (nSPS) is 23.2. The largest absolute Gasteiger partial charge is 0.372 e. The van der Waals surface area contributed by atoms with E-state index in [0.717, 1.165) is 0 Å². The van der Waals surface area contributed by atoms with Gasteiger partial charge in [0.2, 0.25) is 0 Å². The van der Waals surface area contributed by atoms with Crippen LogP contribution >= 0.6 is 0 Å². The number of amides is 2. The SMILES string of the molecule is CC1CN(C(=O)c2ccc(C(N)=O)nc2)CC(C)O1. The van der Waals surface area contributed by atoms with Crippen LogP contribution in [0.5, 0.6) is 0 Å². The van der Waals surface area contributed by atoms with E-state index < -0.39 is 5.91 Å². The van der Waals surface area contributed by atoms with Crippen LogP contribution in [-0.4, -0.2) is 47.0 Å². The molecule has 2 amide bonds. The van der Waals surface area contributed by atoms with E-state index in [4.69, 9.17) is 10.5 Å². The number of ether oxygens (including phenoxy) is 1. The van der Waals surface area contributed by atoms with Crippen LogP contribution in [-0.2, 0) is 4.74 Å². The summed E-state index contributed by atoms with van der Waals surface area (Å²) in [6, 6.07) is 3.03. The van der Waals surface area contributed by atoms with Gasteiger partial charge in [0.05, 0.1) is 17.8 Å². The fraction of sp³-hybridized carbons (Fsp3) is 0.462. The number of nitrogens with zero attached hydrogens (tertiary/aromatic N) is 2. The molecule has 6 heteroatoms. The van der Waals surface area contributed by atoms with Crippen molar-refractivity contribution in [2.45, 2.75) is 26.1 Å². The van der Waals surface area contributed by atoms with Gasteiger partial charge >= 0.3 is 0 Å². The monoisotopic (exact) mass is 263 g/mol. The highest BCUT2D eigenvalue weighted by molar-refractivity contribution is 5.95. The second kappa shape index (κ2) is 5.36. The predicted molar refractivity (Wildman–Crippen MR) is 68.7 cm³/mol. The number of morpholine rings is 1. The molecule has 2 unspecified atom stereocenters. The van der Waals surface area contributed by atoms with E-state index in [2.05, 4.69) is 4.98 Å². The molecular formula is C13H17N3O3. The first-order valence-corrected chi connectivity index (χ1v) is 6.18. The van der Waals surface area contributed by atoms with Gasteiger partial charge < -0.3 is 15.4 Å². The number of primary amides is 1. The highest BCUT2D eigenvalue weighted by Crippen LogP contribution is 2.14. The molecule has 2 atom stereocenters. The third-order valence-corrected chi connectivity index (χ3v) is 2.97. The zero-order valence-corrected chi connectivity index (χ0v) is 11.0. The van der Waals surface area contributed by atoms with E-state index in [9.17, 15) is 9.59 Å². The Bertz CT molecular complexity index is 476. The van der Waals surface area contributed by atoms with Crippen molar-refractivity contribution in [2.75, 3.05) is 13.1 Å². The van der Waals surface area contributed by atoms with Crippen molar-refractivity contribution >= 4 is 11.8 Å². The molecule has 0 radical (unpaired) electrons. The van der Waals surface area contributed by atoms with Crippen LogP contribution in [0.25, 0.3) is 0 Å². The number of carbonyl (C=O) groups excluding carboxylic acids is 2. The van der Waals surface area contributed by atoms with E-state index in [1.54, 1.807) is 11.0 Å². The predicted octanol–water partition coefficient (Wildman–Crippen LogP) is 0.430. The van der Waals surface area contributed by atoms with E-state index in [-0.39, 0.29) is 23.8 Å². The molecule has 1 fully saturated rings. The van der Waals surface area contributed by atoms with E-state index in [1.165, 1.54) is 12.3 Å². The molecule has 1 aliphatic rings. The second-order valence-electron chi connectivity index (χ2n) is 4.76. The smallest absolute Gasteiger partial charge is 0.267 e. The Morgan fingerprint density at radius 3 is 2.42 bits per heavy atom. The first-order chi connectivity index (χ1) is 8.97. The van der Waals surface area contributed by atoms with Crippen LogP contribution in [0.3, 0.4) is 0 Å². The molecule has 1 saturated heterocycles. The molecule has 0 bridgehead atoms. The number of hydrogen-bond donors (Lipinski definition) is 1. The van der Waals surface area contributed by atoms with Gasteiger partial charge in [0, 0.05) is 19.3 Å². The molecule has 2 heterocycles. The summed E-state index contributed by atoms with van der Waals surface area (Å²) in [7, 11) is 0. The van der Waals surface area contributed by atoms with Gasteiger partial charge in [-0.1, -0.05) is 0 Å².